The second kappa shape index (κ2) is 9.87. The number of hydrogen-bond donors (Lipinski definition) is 0. The Morgan fingerprint density at radius 2 is 1.87 bits per heavy atom. The van der Waals surface area contributed by atoms with Gasteiger partial charge >= 0.3 is 6.18 Å². The molecular formula is C27H28ClF3N6O2. The van der Waals surface area contributed by atoms with Crippen molar-refractivity contribution >= 4 is 23.3 Å². The van der Waals surface area contributed by atoms with Gasteiger partial charge in [-0.05, 0) is 66.9 Å². The van der Waals surface area contributed by atoms with E-state index in [4.69, 9.17) is 16.3 Å². The van der Waals surface area contributed by atoms with Crippen LogP contribution in [0.4, 0.5) is 19.0 Å². The lowest BCUT2D eigenvalue weighted by molar-refractivity contribution is -0.138. The number of pyridine rings is 1. The monoisotopic (exact) mass is 560 g/mol. The maximum absolute atomic E-state index is 14.2. The molecule has 0 unspecified atom stereocenters. The number of nitrogens with zero attached hydrogens (tertiary/aromatic N) is 6. The van der Waals surface area contributed by atoms with Gasteiger partial charge in [0.05, 0.1) is 25.3 Å². The van der Waals surface area contributed by atoms with E-state index in [1.807, 2.05) is 11.6 Å². The number of fused-ring (bicyclic) bond motifs is 1. The molecule has 0 N–H and O–H groups in total. The molecule has 0 saturated carbocycles. The number of carbonyl (C=O) groups excluding carboxylic acids is 1. The zero-order valence-corrected chi connectivity index (χ0v) is 22.2. The summed E-state index contributed by atoms with van der Waals surface area (Å²) in [4.78, 5) is 21.4. The first kappa shape index (κ1) is 26.2. The normalized spacial score (nSPS) is 19.3. The third-order valence-corrected chi connectivity index (χ3v) is 8.18. The van der Waals surface area contributed by atoms with E-state index in [-0.39, 0.29) is 28.6 Å². The molecule has 0 spiro atoms. The minimum atomic E-state index is -4.59. The van der Waals surface area contributed by atoms with Crippen molar-refractivity contribution in [2.24, 2.45) is 7.05 Å². The smallest absolute Gasteiger partial charge is 0.379 e. The quantitative estimate of drug-likeness (QED) is 0.412. The molecule has 3 aromatic rings. The van der Waals surface area contributed by atoms with Crippen LogP contribution in [0.2, 0.25) is 5.15 Å². The predicted molar refractivity (Wildman–Crippen MR) is 138 cm³/mol. The first-order valence-corrected chi connectivity index (χ1v) is 13.4. The number of anilines is 1. The molecule has 8 nitrogen and oxygen atoms in total. The van der Waals surface area contributed by atoms with Crippen molar-refractivity contribution < 1.29 is 22.7 Å². The van der Waals surface area contributed by atoms with Gasteiger partial charge in [0, 0.05) is 31.0 Å². The topological polar surface area (TPSA) is 76.4 Å². The van der Waals surface area contributed by atoms with E-state index in [0.29, 0.717) is 31.7 Å². The summed E-state index contributed by atoms with van der Waals surface area (Å²) in [6, 6.07) is 6.26. The SMILES string of the molecule is Cn1cnnc1CC1(c2cc(Cl)nc(N3Cc4c(cc(CN5CCCCC5)cc4C(F)(F)F)C3=O)c2)COC1. The van der Waals surface area contributed by atoms with E-state index >= 15 is 0 Å². The van der Waals surface area contributed by atoms with Gasteiger partial charge in [0.25, 0.3) is 5.91 Å². The van der Waals surface area contributed by atoms with E-state index in [1.54, 1.807) is 24.5 Å². The van der Waals surface area contributed by atoms with Gasteiger partial charge in [-0.15, -0.1) is 10.2 Å². The molecule has 6 rings (SSSR count). The van der Waals surface area contributed by atoms with Crippen LogP contribution in [0.5, 0.6) is 0 Å². The van der Waals surface area contributed by atoms with Crippen LogP contribution in [0.1, 0.15) is 57.7 Å². The van der Waals surface area contributed by atoms with Crippen LogP contribution in [0.3, 0.4) is 0 Å². The van der Waals surface area contributed by atoms with E-state index in [0.717, 1.165) is 43.7 Å². The molecule has 12 heteroatoms. The molecule has 2 aromatic heterocycles. The highest BCUT2D eigenvalue weighted by Gasteiger charge is 2.44. The lowest BCUT2D eigenvalue weighted by Crippen LogP contribution is -2.49. The largest absolute Gasteiger partial charge is 0.416 e. The number of aromatic nitrogens is 4. The fourth-order valence-corrected chi connectivity index (χ4v) is 5.99. The Morgan fingerprint density at radius 1 is 1.10 bits per heavy atom. The lowest BCUT2D eigenvalue weighted by atomic mass is 9.76. The summed E-state index contributed by atoms with van der Waals surface area (Å²) in [5.41, 5.74) is 0.0944. The molecule has 0 aliphatic carbocycles. The molecule has 1 amide bonds. The molecule has 5 heterocycles. The van der Waals surface area contributed by atoms with Crippen molar-refractivity contribution in [1.82, 2.24) is 24.6 Å². The number of hydrogen-bond acceptors (Lipinski definition) is 6. The van der Waals surface area contributed by atoms with Gasteiger partial charge in [0.2, 0.25) is 0 Å². The van der Waals surface area contributed by atoms with Crippen LogP contribution in [0.25, 0.3) is 0 Å². The summed E-state index contributed by atoms with van der Waals surface area (Å²) in [7, 11) is 1.85. The first-order valence-electron chi connectivity index (χ1n) is 13.0. The number of piperidine rings is 1. The van der Waals surface area contributed by atoms with Crippen molar-refractivity contribution in [3.63, 3.8) is 0 Å². The molecular weight excluding hydrogens is 533 g/mol. The average Bonchev–Trinajstić information content (AvgIpc) is 3.43. The summed E-state index contributed by atoms with van der Waals surface area (Å²) in [6.07, 6.45) is 0.726. The maximum atomic E-state index is 14.2. The molecule has 0 atom stereocenters. The standard InChI is InChI=1S/C27H28ClF3N6O2/c1-35-16-32-34-24(35)11-26(14-39-15-26)18-9-22(28)33-23(10-18)37-13-20-19(25(37)38)7-17(8-21(20)27(29,30)31)12-36-5-3-2-4-6-36/h7-10,16H,2-6,11-15H2,1H3. The zero-order chi connectivity index (χ0) is 27.4. The molecule has 0 bridgehead atoms. The summed E-state index contributed by atoms with van der Waals surface area (Å²) >= 11 is 6.42. The predicted octanol–water partition coefficient (Wildman–Crippen LogP) is 4.54. The highest BCUT2D eigenvalue weighted by atomic mass is 35.5. The zero-order valence-electron chi connectivity index (χ0n) is 21.5. The average molecular weight is 561 g/mol. The number of alkyl halides is 3. The van der Waals surface area contributed by atoms with Gasteiger partial charge in [-0.25, -0.2) is 4.98 Å². The Labute approximate surface area is 228 Å². The van der Waals surface area contributed by atoms with Crippen LogP contribution >= 0.6 is 11.6 Å². The summed E-state index contributed by atoms with van der Waals surface area (Å²) in [6.45, 7) is 2.65. The molecule has 2 saturated heterocycles. The Hall–Kier alpha value is -3.02. The van der Waals surface area contributed by atoms with E-state index < -0.39 is 23.1 Å². The third kappa shape index (κ3) is 4.92. The molecule has 2 fully saturated rings. The Bertz CT molecular complexity index is 1410. The number of amides is 1. The highest BCUT2D eigenvalue weighted by Crippen LogP contribution is 2.42. The molecule has 3 aliphatic heterocycles. The molecule has 0 radical (unpaired) electrons. The number of carbonyl (C=O) groups is 1. The fourth-order valence-electron chi connectivity index (χ4n) is 5.79. The first-order chi connectivity index (χ1) is 18.6. The summed E-state index contributed by atoms with van der Waals surface area (Å²) < 4.78 is 50.0. The second-order valence-corrected chi connectivity index (χ2v) is 11.1. The fraction of sp³-hybridized carbons (Fsp3) is 0.481. The number of halogens is 4. The number of rotatable bonds is 6. The van der Waals surface area contributed by atoms with Crippen LogP contribution in [-0.4, -0.2) is 56.9 Å². The van der Waals surface area contributed by atoms with Crippen molar-refractivity contribution in [2.75, 3.05) is 31.2 Å². The lowest BCUT2D eigenvalue weighted by Gasteiger charge is -2.42. The minimum Gasteiger partial charge on any atom is -0.379 e. The molecule has 39 heavy (non-hydrogen) atoms. The van der Waals surface area contributed by atoms with Crippen molar-refractivity contribution in [2.45, 2.75) is 50.4 Å². The maximum Gasteiger partial charge on any atom is 0.416 e. The number of aryl methyl sites for hydroxylation is 1. The molecule has 3 aliphatic rings. The van der Waals surface area contributed by atoms with E-state index in [1.165, 1.54) is 11.0 Å². The second-order valence-electron chi connectivity index (χ2n) is 10.7. The molecule has 1 aromatic carbocycles. The number of ether oxygens (including phenoxy) is 1. The Kier molecular flexibility index (Phi) is 6.63. The minimum absolute atomic E-state index is 0.0287. The van der Waals surface area contributed by atoms with Crippen LogP contribution in [-0.2, 0) is 42.9 Å². The van der Waals surface area contributed by atoms with Gasteiger partial charge in [-0.2, -0.15) is 13.2 Å². The van der Waals surface area contributed by atoms with Crippen molar-refractivity contribution in [3.05, 3.63) is 69.4 Å². The summed E-state index contributed by atoms with van der Waals surface area (Å²) in [5.74, 6) is 0.464. The summed E-state index contributed by atoms with van der Waals surface area (Å²) in [5, 5.41) is 8.28. The highest BCUT2D eigenvalue weighted by molar-refractivity contribution is 6.29. The number of likely N-dealkylation sites (tertiary alicyclic amines) is 1. The van der Waals surface area contributed by atoms with Gasteiger partial charge in [0.1, 0.15) is 23.1 Å². The van der Waals surface area contributed by atoms with Crippen LogP contribution in [0.15, 0.2) is 30.6 Å². The van der Waals surface area contributed by atoms with Gasteiger partial charge in [-0.1, -0.05) is 18.0 Å². The third-order valence-electron chi connectivity index (χ3n) is 7.99. The van der Waals surface area contributed by atoms with Gasteiger partial charge < -0.3 is 9.30 Å². The Morgan fingerprint density at radius 3 is 2.51 bits per heavy atom. The van der Waals surface area contributed by atoms with E-state index in [2.05, 4.69) is 20.1 Å². The van der Waals surface area contributed by atoms with Crippen molar-refractivity contribution in [3.8, 4) is 0 Å². The van der Waals surface area contributed by atoms with Crippen molar-refractivity contribution in [1.29, 1.82) is 0 Å². The van der Waals surface area contributed by atoms with Gasteiger partial charge in [-0.3, -0.25) is 14.6 Å². The Balaban J connectivity index is 1.34. The van der Waals surface area contributed by atoms with Crippen LogP contribution in [0, 0.1) is 0 Å². The molecule has 206 valence electrons. The van der Waals surface area contributed by atoms with Gasteiger partial charge in [0.15, 0.2) is 0 Å². The number of benzene rings is 1. The van der Waals surface area contributed by atoms with Crippen LogP contribution < -0.4 is 4.90 Å². The van der Waals surface area contributed by atoms with E-state index in [9.17, 15) is 18.0 Å².